The summed E-state index contributed by atoms with van der Waals surface area (Å²) in [6.45, 7) is 0.417. The maximum absolute atomic E-state index is 5.58. The number of benzene rings is 1. The molecule has 0 spiro atoms. The monoisotopic (exact) mass is 317 g/mol. The molecule has 8 heteroatoms. The molecule has 1 aromatic carbocycles. The largest absolute Gasteiger partial charge is 0.414 e. The van der Waals surface area contributed by atoms with Gasteiger partial charge in [-0.25, -0.2) is 9.67 Å². The molecule has 0 radical (unpaired) electrons. The molecule has 7 nitrogen and oxygen atoms in total. The third-order valence-corrected chi connectivity index (χ3v) is 3.91. The Balaban J connectivity index is 1.58. The van der Waals surface area contributed by atoms with Crippen molar-refractivity contribution in [2.45, 2.75) is 17.9 Å². The van der Waals surface area contributed by atoms with Crippen molar-refractivity contribution in [3.63, 3.8) is 0 Å². The van der Waals surface area contributed by atoms with Gasteiger partial charge >= 0.3 is 0 Å². The molecule has 2 aromatic heterocycles. The summed E-state index contributed by atoms with van der Waals surface area (Å²) >= 11 is 1.47. The van der Waals surface area contributed by atoms with Crippen LogP contribution in [0, 0.1) is 0 Å². The van der Waals surface area contributed by atoms with Crippen LogP contribution in [-0.2, 0) is 11.3 Å². The predicted octanol–water partition coefficient (Wildman–Crippen LogP) is 2.19. The second kappa shape index (κ2) is 7.19. The molecular formula is C14H15N5O2S. The minimum absolute atomic E-state index is 0.0168. The summed E-state index contributed by atoms with van der Waals surface area (Å²) in [6.07, 6.45) is 3.06. The van der Waals surface area contributed by atoms with Crippen molar-refractivity contribution < 1.29 is 9.15 Å². The Hall–Kier alpha value is -2.19. The molecular weight excluding hydrogens is 302 g/mol. The Morgan fingerprint density at radius 2 is 2.14 bits per heavy atom. The van der Waals surface area contributed by atoms with Gasteiger partial charge in [0, 0.05) is 12.9 Å². The average molecular weight is 317 g/mol. The minimum Gasteiger partial charge on any atom is -0.414 e. The Labute approximate surface area is 131 Å². The van der Waals surface area contributed by atoms with E-state index < -0.39 is 0 Å². The van der Waals surface area contributed by atoms with Gasteiger partial charge in [-0.3, -0.25) is 0 Å². The first-order valence-electron chi connectivity index (χ1n) is 6.70. The standard InChI is InChI=1S/C14H15N5O2S/c1-20-12(11-5-3-2-4-6-11)8-22-14-18-17-13(21-14)7-19-10-15-9-16-19/h2-6,9-10,12H,7-8H2,1H3/t12-/m0/s1. The van der Waals surface area contributed by atoms with Gasteiger partial charge in [-0.05, 0) is 5.56 Å². The summed E-state index contributed by atoms with van der Waals surface area (Å²) in [6, 6.07) is 10.1. The predicted molar refractivity (Wildman–Crippen MR) is 80.3 cm³/mol. The zero-order valence-corrected chi connectivity index (χ0v) is 12.8. The van der Waals surface area contributed by atoms with Crippen LogP contribution in [0.25, 0.3) is 0 Å². The number of methoxy groups -OCH3 is 1. The molecule has 0 N–H and O–H groups in total. The Bertz CT molecular complexity index is 686. The number of hydrogen-bond acceptors (Lipinski definition) is 7. The fourth-order valence-electron chi connectivity index (χ4n) is 1.93. The van der Waals surface area contributed by atoms with Gasteiger partial charge in [-0.1, -0.05) is 42.1 Å². The number of nitrogens with zero attached hydrogens (tertiary/aromatic N) is 5. The van der Waals surface area contributed by atoms with Gasteiger partial charge in [0.2, 0.25) is 5.89 Å². The smallest absolute Gasteiger partial charge is 0.276 e. The van der Waals surface area contributed by atoms with E-state index in [1.807, 2.05) is 30.3 Å². The van der Waals surface area contributed by atoms with E-state index in [-0.39, 0.29) is 6.10 Å². The zero-order chi connectivity index (χ0) is 15.2. The Morgan fingerprint density at radius 1 is 1.27 bits per heavy atom. The van der Waals surface area contributed by atoms with Crippen molar-refractivity contribution in [1.29, 1.82) is 0 Å². The first kappa shape index (κ1) is 14.7. The van der Waals surface area contributed by atoms with Crippen LogP contribution in [0.4, 0.5) is 0 Å². The first-order chi connectivity index (χ1) is 10.8. The van der Waals surface area contributed by atoms with Crippen LogP contribution in [0.2, 0.25) is 0 Å². The highest BCUT2D eigenvalue weighted by molar-refractivity contribution is 7.99. The molecule has 3 aromatic rings. The van der Waals surface area contributed by atoms with Gasteiger partial charge in [0.1, 0.15) is 19.2 Å². The summed E-state index contributed by atoms with van der Waals surface area (Å²) < 4.78 is 12.7. The fraction of sp³-hybridized carbons (Fsp3) is 0.286. The Morgan fingerprint density at radius 3 is 2.86 bits per heavy atom. The van der Waals surface area contributed by atoms with Crippen LogP contribution in [0.5, 0.6) is 0 Å². The van der Waals surface area contributed by atoms with E-state index in [1.165, 1.54) is 18.1 Å². The van der Waals surface area contributed by atoms with E-state index in [0.717, 1.165) is 5.56 Å². The molecule has 22 heavy (non-hydrogen) atoms. The molecule has 0 amide bonds. The lowest BCUT2D eigenvalue weighted by Crippen LogP contribution is -2.04. The number of ether oxygens (including phenoxy) is 1. The third-order valence-electron chi connectivity index (χ3n) is 3.03. The zero-order valence-electron chi connectivity index (χ0n) is 12.0. The Kier molecular flexibility index (Phi) is 4.81. The van der Waals surface area contributed by atoms with Crippen LogP contribution in [0.1, 0.15) is 17.6 Å². The lowest BCUT2D eigenvalue weighted by atomic mass is 10.1. The second-order valence-corrected chi connectivity index (χ2v) is 5.47. The van der Waals surface area contributed by atoms with Crippen molar-refractivity contribution in [3.8, 4) is 0 Å². The van der Waals surface area contributed by atoms with Gasteiger partial charge in [-0.2, -0.15) is 5.10 Å². The van der Waals surface area contributed by atoms with E-state index in [2.05, 4.69) is 20.3 Å². The molecule has 2 heterocycles. The van der Waals surface area contributed by atoms with Crippen molar-refractivity contribution in [1.82, 2.24) is 25.0 Å². The van der Waals surface area contributed by atoms with Crippen LogP contribution in [-0.4, -0.2) is 37.8 Å². The molecule has 114 valence electrons. The van der Waals surface area contributed by atoms with Crippen LogP contribution in [0.15, 0.2) is 52.6 Å². The van der Waals surface area contributed by atoms with Gasteiger partial charge in [-0.15, -0.1) is 10.2 Å². The van der Waals surface area contributed by atoms with Crippen molar-refractivity contribution in [3.05, 3.63) is 54.4 Å². The normalized spacial score (nSPS) is 12.4. The number of rotatable bonds is 7. The van der Waals surface area contributed by atoms with E-state index in [1.54, 1.807) is 18.1 Å². The lowest BCUT2D eigenvalue weighted by molar-refractivity contribution is 0.123. The molecule has 0 saturated heterocycles. The van der Waals surface area contributed by atoms with Gasteiger partial charge in [0.25, 0.3) is 5.22 Å². The third kappa shape index (κ3) is 3.71. The van der Waals surface area contributed by atoms with Crippen LogP contribution >= 0.6 is 11.8 Å². The van der Waals surface area contributed by atoms with Gasteiger partial charge < -0.3 is 9.15 Å². The average Bonchev–Trinajstić information content (AvgIpc) is 3.22. The minimum atomic E-state index is -0.0168. The van der Waals surface area contributed by atoms with Crippen LogP contribution < -0.4 is 0 Å². The number of thioether (sulfide) groups is 1. The summed E-state index contributed by atoms with van der Waals surface area (Å²) in [5.74, 6) is 1.20. The highest BCUT2D eigenvalue weighted by Gasteiger charge is 2.14. The van der Waals surface area contributed by atoms with E-state index in [9.17, 15) is 0 Å². The van der Waals surface area contributed by atoms with Gasteiger partial charge in [0.05, 0.1) is 6.10 Å². The summed E-state index contributed by atoms with van der Waals surface area (Å²) in [5, 5.41) is 12.5. The molecule has 3 rings (SSSR count). The van der Waals surface area contributed by atoms with E-state index >= 15 is 0 Å². The molecule has 0 fully saturated rings. The maximum atomic E-state index is 5.58. The topological polar surface area (TPSA) is 78.9 Å². The molecule has 0 aliphatic heterocycles. The molecule has 0 unspecified atom stereocenters. The summed E-state index contributed by atoms with van der Waals surface area (Å²) in [7, 11) is 1.70. The lowest BCUT2D eigenvalue weighted by Gasteiger charge is -2.13. The highest BCUT2D eigenvalue weighted by atomic mass is 32.2. The summed E-state index contributed by atoms with van der Waals surface area (Å²) in [5.41, 5.74) is 1.12. The number of aromatic nitrogens is 5. The van der Waals surface area contributed by atoms with Gasteiger partial charge in [0.15, 0.2) is 0 Å². The maximum Gasteiger partial charge on any atom is 0.276 e. The highest BCUT2D eigenvalue weighted by Crippen LogP contribution is 2.26. The van der Waals surface area contributed by atoms with E-state index in [4.69, 9.17) is 9.15 Å². The van der Waals surface area contributed by atoms with Crippen molar-refractivity contribution >= 4 is 11.8 Å². The number of hydrogen-bond donors (Lipinski definition) is 0. The quantitative estimate of drug-likeness (QED) is 0.618. The molecule has 0 aliphatic carbocycles. The molecule has 0 aliphatic rings. The first-order valence-corrected chi connectivity index (χ1v) is 7.69. The van der Waals surface area contributed by atoms with Crippen LogP contribution in [0.3, 0.4) is 0 Å². The van der Waals surface area contributed by atoms with Crippen molar-refractivity contribution in [2.75, 3.05) is 12.9 Å². The summed E-state index contributed by atoms with van der Waals surface area (Å²) in [4.78, 5) is 3.87. The molecule has 0 bridgehead atoms. The fourth-order valence-corrected chi connectivity index (χ4v) is 2.80. The van der Waals surface area contributed by atoms with Crippen molar-refractivity contribution in [2.24, 2.45) is 0 Å². The van der Waals surface area contributed by atoms with E-state index in [0.29, 0.717) is 23.4 Å². The second-order valence-electron chi connectivity index (χ2n) is 4.50. The molecule has 0 saturated carbocycles. The SMILES string of the molecule is CO[C@@H](CSc1nnc(Cn2cncn2)o1)c1ccccc1. The molecule has 1 atom stereocenters.